The van der Waals surface area contributed by atoms with Gasteiger partial charge in [-0.2, -0.15) is 0 Å². The van der Waals surface area contributed by atoms with Crippen LogP contribution in [0.4, 0.5) is 0 Å². The second kappa shape index (κ2) is 74.3. The molecule has 0 aromatic carbocycles. The van der Waals surface area contributed by atoms with Crippen LogP contribution in [0.15, 0.2) is 48.6 Å². The molecule has 0 rings (SSSR count). The standard InChI is InChI=1S/C81H150O17P2/c1-5-9-13-17-21-25-29-33-36-37-40-42-46-50-54-58-62-66-79(84)92-72-77(98-81(86)68-64-60-56-52-48-44-39-35-31-27-23-19-15-11-7-3)74-96-100(89,90)94-70-75(82)69-93-99(87,88)95-73-76(71-91-78(83)65-61-57-53-49-45-41-32-28-24-20-16-12-8-4)97-80(85)67-63-59-55-51-47-43-38-34-30-26-22-18-14-10-6-2/h21,25,33,36,40,42,50,54,75-77,82H,5-20,22-24,26-32,34-35,37-39,41,43-49,51-53,55-74H2,1-4H3,(H,87,88)(H,89,90)/b25-21-,36-33-,42-40-,54-50-/t75-,76-,77-/m1/s1. The lowest BCUT2D eigenvalue weighted by atomic mass is 10.0. The van der Waals surface area contributed by atoms with Crippen LogP contribution in [0.5, 0.6) is 0 Å². The Kier molecular flexibility index (Phi) is 72.1. The Morgan fingerprint density at radius 3 is 0.790 bits per heavy atom. The molecule has 17 nitrogen and oxygen atoms in total. The highest BCUT2D eigenvalue weighted by Crippen LogP contribution is 2.45. The number of unbranched alkanes of at least 4 members (excludes halogenated alkanes) is 44. The van der Waals surface area contributed by atoms with E-state index in [1.807, 2.05) is 12.2 Å². The predicted octanol–water partition coefficient (Wildman–Crippen LogP) is 23.7. The minimum atomic E-state index is -4.98. The van der Waals surface area contributed by atoms with Crippen molar-refractivity contribution in [1.82, 2.24) is 0 Å². The highest BCUT2D eigenvalue weighted by Gasteiger charge is 2.30. The van der Waals surface area contributed by atoms with Crippen LogP contribution in [0.2, 0.25) is 0 Å². The molecule has 0 heterocycles. The van der Waals surface area contributed by atoms with Gasteiger partial charge in [0.2, 0.25) is 0 Å². The number of phosphoric acid groups is 2. The third-order valence-corrected chi connectivity index (χ3v) is 19.7. The maximum atomic E-state index is 13.1. The third kappa shape index (κ3) is 73.3. The van der Waals surface area contributed by atoms with E-state index in [0.29, 0.717) is 32.1 Å². The van der Waals surface area contributed by atoms with Crippen LogP contribution in [0.25, 0.3) is 0 Å². The fourth-order valence-electron chi connectivity index (χ4n) is 11.6. The Bertz CT molecular complexity index is 2080. The van der Waals surface area contributed by atoms with Gasteiger partial charge in [0.15, 0.2) is 12.2 Å². The number of aliphatic hydroxyl groups is 1. The average Bonchev–Trinajstić information content (AvgIpc) is 0.945. The SMILES string of the molecule is CCCCC/C=C\C/C=C\C/C=C\C/C=C\CCCC(=O)OC[C@H](COP(=O)(O)OC[C@H](O)COP(=O)(O)OC[C@@H](COC(=O)CCCCCCCCCCCCCCC)OC(=O)CCCCCCCCCCCCCCCCC)OC(=O)CCCCCCCCCCCCCCCCC. The van der Waals surface area contributed by atoms with E-state index in [4.69, 9.17) is 37.0 Å². The maximum Gasteiger partial charge on any atom is 0.472 e. The molecule has 3 N–H and O–H groups in total. The molecule has 5 atom stereocenters. The number of allylic oxidation sites excluding steroid dienone is 8. The molecule has 0 amide bonds. The number of ether oxygens (including phenoxy) is 4. The van der Waals surface area contributed by atoms with Crippen molar-refractivity contribution in [2.75, 3.05) is 39.6 Å². The fourth-order valence-corrected chi connectivity index (χ4v) is 13.1. The van der Waals surface area contributed by atoms with Crippen LogP contribution in [0, 0.1) is 0 Å². The summed E-state index contributed by atoms with van der Waals surface area (Å²) in [5, 5.41) is 10.6. The van der Waals surface area contributed by atoms with Gasteiger partial charge in [-0.05, 0) is 64.2 Å². The van der Waals surface area contributed by atoms with E-state index in [0.717, 1.165) is 96.3 Å². The molecule has 100 heavy (non-hydrogen) atoms. The zero-order valence-corrected chi connectivity index (χ0v) is 65.9. The highest BCUT2D eigenvalue weighted by molar-refractivity contribution is 7.47. The van der Waals surface area contributed by atoms with E-state index in [-0.39, 0.29) is 25.7 Å². The van der Waals surface area contributed by atoms with Crippen molar-refractivity contribution in [1.29, 1.82) is 0 Å². The lowest BCUT2D eigenvalue weighted by Gasteiger charge is -2.21. The van der Waals surface area contributed by atoms with E-state index in [2.05, 4.69) is 64.2 Å². The van der Waals surface area contributed by atoms with Crippen molar-refractivity contribution in [3.05, 3.63) is 48.6 Å². The van der Waals surface area contributed by atoms with E-state index in [1.165, 1.54) is 205 Å². The molecule has 19 heteroatoms. The van der Waals surface area contributed by atoms with Crippen LogP contribution in [0.3, 0.4) is 0 Å². The molecule has 0 saturated carbocycles. The lowest BCUT2D eigenvalue weighted by Crippen LogP contribution is -2.30. The number of esters is 4. The van der Waals surface area contributed by atoms with Gasteiger partial charge in [0.25, 0.3) is 0 Å². The van der Waals surface area contributed by atoms with Crippen molar-refractivity contribution in [3.8, 4) is 0 Å². The number of hydrogen-bond donors (Lipinski definition) is 3. The molecule has 0 aliphatic carbocycles. The quantitative estimate of drug-likeness (QED) is 0.0169. The Morgan fingerprint density at radius 2 is 0.500 bits per heavy atom. The number of hydrogen-bond acceptors (Lipinski definition) is 15. The third-order valence-electron chi connectivity index (χ3n) is 17.8. The summed E-state index contributed by atoms with van der Waals surface area (Å²) >= 11 is 0. The smallest absolute Gasteiger partial charge is 0.462 e. The van der Waals surface area contributed by atoms with Crippen LogP contribution < -0.4 is 0 Å². The number of rotatable bonds is 78. The summed E-state index contributed by atoms with van der Waals surface area (Å²) in [5.41, 5.74) is 0. The van der Waals surface area contributed by atoms with Crippen LogP contribution in [0.1, 0.15) is 387 Å². The first-order valence-electron chi connectivity index (χ1n) is 40.9. The highest BCUT2D eigenvalue weighted by atomic mass is 31.2. The maximum absolute atomic E-state index is 13.1. The second-order valence-corrected chi connectivity index (χ2v) is 30.6. The summed E-state index contributed by atoms with van der Waals surface area (Å²) in [7, 11) is -9.95. The zero-order chi connectivity index (χ0) is 73.2. The normalized spacial score (nSPS) is 14.1. The number of carbonyl (C=O) groups excluding carboxylic acids is 4. The first-order valence-corrected chi connectivity index (χ1v) is 43.9. The van der Waals surface area contributed by atoms with Crippen LogP contribution in [-0.2, 0) is 65.4 Å². The Balaban J connectivity index is 5.35. The zero-order valence-electron chi connectivity index (χ0n) is 64.1. The summed E-state index contributed by atoms with van der Waals surface area (Å²) in [6, 6.07) is 0. The van der Waals surface area contributed by atoms with Gasteiger partial charge in [0.05, 0.1) is 26.4 Å². The molecular formula is C81H150O17P2. The summed E-state index contributed by atoms with van der Waals surface area (Å²) in [6.45, 7) is 4.89. The van der Waals surface area contributed by atoms with E-state index in [1.54, 1.807) is 0 Å². The van der Waals surface area contributed by atoms with Gasteiger partial charge in [-0.25, -0.2) is 9.13 Å². The van der Waals surface area contributed by atoms with Crippen molar-refractivity contribution < 1.29 is 80.2 Å². The minimum absolute atomic E-state index is 0.0914. The van der Waals surface area contributed by atoms with Crippen molar-refractivity contribution in [2.24, 2.45) is 0 Å². The Hall–Kier alpha value is -2.98. The average molecular weight is 1460 g/mol. The molecule has 0 spiro atoms. The van der Waals surface area contributed by atoms with Gasteiger partial charge in [0, 0.05) is 25.7 Å². The minimum Gasteiger partial charge on any atom is -0.462 e. The van der Waals surface area contributed by atoms with Crippen molar-refractivity contribution in [3.63, 3.8) is 0 Å². The molecule has 0 radical (unpaired) electrons. The molecule has 0 aliphatic heterocycles. The van der Waals surface area contributed by atoms with Gasteiger partial charge in [0.1, 0.15) is 19.3 Å². The molecule has 586 valence electrons. The summed E-state index contributed by atoms with van der Waals surface area (Å²) < 4.78 is 68.6. The monoisotopic (exact) mass is 1460 g/mol. The van der Waals surface area contributed by atoms with Gasteiger partial charge in [-0.15, -0.1) is 0 Å². The molecule has 0 bridgehead atoms. The van der Waals surface area contributed by atoms with Gasteiger partial charge >= 0.3 is 39.5 Å². The van der Waals surface area contributed by atoms with E-state index < -0.39 is 97.5 Å². The summed E-state index contributed by atoms with van der Waals surface area (Å²) in [4.78, 5) is 73.0. The fraction of sp³-hybridized carbons (Fsp3) is 0.852. The van der Waals surface area contributed by atoms with Crippen LogP contribution in [-0.4, -0.2) is 96.7 Å². The largest absolute Gasteiger partial charge is 0.472 e. The second-order valence-electron chi connectivity index (χ2n) is 27.7. The van der Waals surface area contributed by atoms with E-state index >= 15 is 0 Å². The predicted molar refractivity (Wildman–Crippen MR) is 409 cm³/mol. The number of aliphatic hydroxyl groups excluding tert-OH is 1. The topological polar surface area (TPSA) is 237 Å². The lowest BCUT2D eigenvalue weighted by molar-refractivity contribution is -0.161. The summed E-state index contributed by atoms with van der Waals surface area (Å²) in [6.07, 6.45) is 72.3. The first kappa shape index (κ1) is 97.0. The molecule has 2 unspecified atom stereocenters. The first-order chi connectivity index (χ1) is 48.7. The van der Waals surface area contributed by atoms with E-state index in [9.17, 15) is 43.2 Å². The Labute approximate surface area is 610 Å². The molecular weight excluding hydrogens is 1310 g/mol. The number of carbonyl (C=O) groups is 4. The van der Waals surface area contributed by atoms with Crippen molar-refractivity contribution >= 4 is 39.5 Å². The van der Waals surface area contributed by atoms with Gasteiger partial charge in [-0.3, -0.25) is 37.3 Å². The summed E-state index contributed by atoms with van der Waals surface area (Å²) in [5.74, 6) is -2.19. The van der Waals surface area contributed by atoms with Gasteiger partial charge in [-0.1, -0.05) is 346 Å². The molecule has 0 saturated heterocycles. The molecule has 0 aromatic heterocycles. The molecule has 0 aromatic rings. The number of phosphoric ester groups is 2. The van der Waals surface area contributed by atoms with Crippen molar-refractivity contribution in [2.45, 2.75) is 406 Å². The van der Waals surface area contributed by atoms with Crippen LogP contribution >= 0.6 is 15.6 Å². The van der Waals surface area contributed by atoms with Gasteiger partial charge < -0.3 is 33.8 Å². The molecule has 0 aliphatic rings. The molecule has 0 fully saturated rings. The Morgan fingerprint density at radius 1 is 0.280 bits per heavy atom.